The Bertz CT molecular complexity index is 942. The molecular formula is C22H26N2O9S. The van der Waals surface area contributed by atoms with Crippen molar-refractivity contribution in [2.75, 3.05) is 13.7 Å². The van der Waals surface area contributed by atoms with Crippen LogP contribution in [-0.2, 0) is 19.2 Å². The number of nitrogens with zero attached hydrogens (tertiary/aromatic N) is 1. The van der Waals surface area contributed by atoms with Crippen molar-refractivity contribution in [2.24, 2.45) is 5.73 Å². The third kappa shape index (κ3) is 14.9. The number of amides is 1. The summed E-state index contributed by atoms with van der Waals surface area (Å²) >= 11 is 4.13. The summed E-state index contributed by atoms with van der Waals surface area (Å²) in [5, 5.41) is 15.9. The first-order valence-electron chi connectivity index (χ1n) is 9.60. The number of esters is 1. The lowest BCUT2D eigenvalue weighted by Gasteiger charge is -2.10. The molecule has 0 aromatic heterocycles. The molecule has 11 nitrogen and oxygen atoms in total. The smallest absolute Gasteiger partial charge is 0.311 e. The molecule has 0 aliphatic carbocycles. The number of carbonyl (C=O) groups is 3. The minimum atomic E-state index is -0.924. The molecule has 34 heavy (non-hydrogen) atoms. The number of primary amides is 1. The monoisotopic (exact) mass is 494 g/mol. The van der Waals surface area contributed by atoms with Crippen LogP contribution in [0.25, 0.3) is 6.08 Å². The van der Waals surface area contributed by atoms with Crippen molar-refractivity contribution >= 4 is 37.1 Å². The number of hydrogen-bond donors (Lipinski definition) is 3. The maximum absolute atomic E-state index is 11.6. The molecule has 184 valence electrons. The van der Waals surface area contributed by atoms with E-state index in [1.807, 2.05) is 24.3 Å². The summed E-state index contributed by atoms with van der Waals surface area (Å²) in [6, 6.07) is 12.7. The van der Waals surface area contributed by atoms with Gasteiger partial charge in [-0.1, -0.05) is 23.8 Å². The highest BCUT2D eigenvalue weighted by Crippen LogP contribution is 2.29. The number of nitrogens with two attached hydrogens (primary N) is 1. The predicted molar refractivity (Wildman–Crippen MR) is 126 cm³/mol. The van der Waals surface area contributed by atoms with Gasteiger partial charge in [0.05, 0.1) is 13.7 Å². The number of rotatable bonds is 9. The Hall–Kier alpha value is -4.06. The van der Waals surface area contributed by atoms with Gasteiger partial charge in [0.15, 0.2) is 11.5 Å². The van der Waals surface area contributed by atoms with E-state index < -0.39 is 17.0 Å². The summed E-state index contributed by atoms with van der Waals surface area (Å²) in [4.78, 5) is 45.8. The molecule has 2 rings (SSSR count). The van der Waals surface area contributed by atoms with Crippen LogP contribution in [0.2, 0.25) is 0 Å². The number of thiol groups is 1. The number of carboxylic acid groups (broad SMARTS) is 1. The van der Waals surface area contributed by atoms with Crippen LogP contribution in [0, 0.1) is 17.0 Å². The number of ether oxygens (including phenoxy) is 2. The van der Waals surface area contributed by atoms with Gasteiger partial charge in [0.25, 0.3) is 11.6 Å². The molecule has 0 saturated heterocycles. The lowest BCUT2D eigenvalue weighted by Crippen LogP contribution is -2.11. The van der Waals surface area contributed by atoms with Crippen molar-refractivity contribution in [3.05, 3.63) is 69.8 Å². The minimum absolute atomic E-state index is 0.0413. The van der Waals surface area contributed by atoms with Crippen molar-refractivity contribution in [1.82, 2.24) is 0 Å². The fraction of sp³-hybridized carbons (Fsp3) is 0.227. The van der Waals surface area contributed by atoms with Gasteiger partial charge in [-0.25, -0.2) is 0 Å². The van der Waals surface area contributed by atoms with Gasteiger partial charge in [-0.2, -0.15) is 0 Å². The van der Waals surface area contributed by atoms with Crippen molar-refractivity contribution in [3.63, 3.8) is 0 Å². The number of benzene rings is 2. The Labute approximate surface area is 201 Å². The van der Waals surface area contributed by atoms with Gasteiger partial charge in [0, 0.05) is 17.4 Å². The van der Waals surface area contributed by atoms with Crippen LogP contribution >= 0.6 is 12.6 Å². The Morgan fingerprint density at radius 3 is 2.29 bits per heavy atom. The zero-order valence-electron chi connectivity index (χ0n) is 18.6. The van der Waals surface area contributed by atoms with E-state index in [2.05, 4.69) is 24.4 Å². The molecule has 0 aliphatic heterocycles. The average Bonchev–Trinajstić information content (AvgIpc) is 2.79. The van der Waals surface area contributed by atoms with Gasteiger partial charge in [-0.05, 0) is 49.2 Å². The molecule has 0 radical (unpaired) electrons. The summed E-state index contributed by atoms with van der Waals surface area (Å²) < 4.78 is 10.2. The van der Waals surface area contributed by atoms with Gasteiger partial charge in [0.1, 0.15) is 0 Å². The molecular weight excluding hydrogens is 468 g/mol. The van der Waals surface area contributed by atoms with E-state index in [9.17, 15) is 19.7 Å². The van der Waals surface area contributed by atoms with Crippen LogP contribution < -0.4 is 15.2 Å². The van der Waals surface area contributed by atoms with Crippen molar-refractivity contribution in [3.8, 4) is 11.5 Å². The van der Waals surface area contributed by atoms with E-state index >= 15 is 0 Å². The van der Waals surface area contributed by atoms with E-state index in [0.29, 0.717) is 11.3 Å². The highest BCUT2D eigenvalue weighted by Gasteiger charge is 2.11. The zero-order valence-corrected chi connectivity index (χ0v) is 19.5. The second-order valence-electron chi connectivity index (χ2n) is 6.22. The van der Waals surface area contributed by atoms with Gasteiger partial charge in [0.2, 0.25) is 5.91 Å². The molecule has 0 fully saturated rings. The van der Waals surface area contributed by atoms with Gasteiger partial charge >= 0.3 is 5.97 Å². The quantitative estimate of drug-likeness (QED) is 0.0693. The molecule has 0 heterocycles. The largest absolute Gasteiger partial charge is 0.493 e. The lowest BCUT2D eigenvalue weighted by atomic mass is 10.2. The molecule has 1 amide bonds. The fourth-order valence-corrected chi connectivity index (χ4v) is 2.27. The second-order valence-corrected chi connectivity index (χ2v) is 6.74. The number of methoxy groups -OCH3 is 1. The normalized spacial score (nSPS) is 9.50. The number of hydrogen-bond acceptors (Lipinski definition) is 9. The molecule has 0 atom stereocenters. The predicted octanol–water partition coefficient (Wildman–Crippen LogP) is 3.07. The molecule has 0 unspecified atom stereocenters. The number of aryl methyl sites for hydroxylation is 1. The zero-order chi connectivity index (χ0) is 25.9. The first kappa shape index (κ1) is 29.9. The van der Waals surface area contributed by atoms with Gasteiger partial charge in [-0.15, -0.1) is 22.7 Å². The van der Waals surface area contributed by atoms with Crippen molar-refractivity contribution in [1.29, 1.82) is 0 Å². The fourth-order valence-electron chi connectivity index (χ4n) is 2.12. The Morgan fingerprint density at radius 1 is 1.18 bits per heavy atom. The van der Waals surface area contributed by atoms with E-state index in [4.69, 9.17) is 25.1 Å². The van der Waals surface area contributed by atoms with Gasteiger partial charge in [-0.3, -0.25) is 14.4 Å². The molecule has 0 spiro atoms. The summed E-state index contributed by atoms with van der Waals surface area (Å²) in [7, 11) is 1.40. The first-order valence-corrected chi connectivity index (χ1v) is 10.0. The third-order valence-electron chi connectivity index (χ3n) is 3.61. The van der Waals surface area contributed by atoms with Crippen LogP contribution in [0.4, 0.5) is 0 Å². The average molecular weight is 495 g/mol. The molecule has 0 aliphatic rings. The summed E-state index contributed by atoms with van der Waals surface area (Å²) in [5.74, 6) is -0.664. The van der Waals surface area contributed by atoms with E-state index in [-0.39, 0.29) is 31.7 Å². The summed E-state index contributed by atoms with van der Waals surface area (Å²) in [5.41, 5.74) is 6.92. The Balaban J connectivity index is 0.000000813. The topological polar surface area (TPSA) is 168 Å². The van der Waals surface area contributed by atoms with Crippen LogP contribution in [0.3, 0.4) is 0 Å². The maximum atomic E-state index is 11.6. The van der Waals surface area contributed by atoms with Crippen LogP contribution in [-0.4, -0.2) is 42.3 Å². The molecule has 3 N–H and O–H groups in total. The van der Waals surface area contributed by atoms with Crippen LogP contribution in [0.5, 0.6) is 11.5 Å². The Kier molecular flexibility index (Phi) is 15.4. The summed E-state index contributed by atoms with van der Waals surface area (Å²) in [6.07, 6.45) is 2.79. The highest BCUT2D eigenvalue weighted by molar-refractivity contribution is 7.80. The molecule has 0 saturated carbocycles. The molecule has 2 aromatic rings. The van der Waals surface area contributed by atoms with E-state index in [0.717, 1.165) is 4.90 Å². The molecule has 2 aromatic carbocycles. The lowest BCUT2D eigenvalue weighted by molar-refractivity contribution is -0.757. The maximum Gasteiger partial charge on any atom is 0.311 e. The molecule has 12 heteroatoms. The summed E-state index contributed by atoms with van der Waals surface area (Å²) in [6.45, 7) is 1.63. The van der Waals surface area contributed by atoms with Crippen molar-refractivity contribution in [2.45, 2.75) is 24.7 Å². The van der Waals surface area contributed by atoms with Crippen LogP contribution in [0.15, 0.2) is 53.4 Å². The standard InChI is InChI=1S/C14H16N2O7.C7H8S.CH2O2/c1-21-12-9-10(5-7-13(15)17)4-6-11(12)23-14(18)3-2-8-22-16(19)20;1-6-2-4-7(8)5-3-6;2-1-3/h4-7,9H,2-3,8H2,1H3,(H2,15,17);2-5,8H,1H3;1H,(H,2,3)/b7-5+;;. The highest BCUT2D eigenvalue weighted by atomic mass is 32.1. The second kappa shape index (κ2) is 17.5. The SMILES string of the molecule is COc1cc(/C=C/C(N)=O)ccc1OC(=O)CCCO[N+](=O)[O-].Cc1ccc(S)cc1.O=CO. The first-order chi connectivity index (χ1) is 16.1. The van der Waals surface area contributed by atoms with Crippen LogP contribution in [0.1, 0.15) is 24.0 Å². The molecule has 0 bridgehead atoms. The third-order valence-corrected chi connectivity index (χ3v) is 3.91. The Morgan fingerprint density at radius 2 is 1.79 bits per heavy atom. The number of carbonyl (C=O) groups excluding carboxylic acids is 2. The van der Waals surface area contributed by atoms with Gasteiger partial charge < -0.3 is 25.2 Å². The minimum Gasteiger partial charge on any atom is -0.493 e. The van der Waals surface area contributed by atoms with E-state index in [1.165, 1.54) is 30.9 Å². The van der Waals surface area contributed by atoms with Crippen molar-refractivity contribution < 1.29 is 38.9 Å². The van der Waals surface area contributed by atoms with E-state index in [1.54, 1.807) is 12.1 Å².